The molecule has 19 heavy (non-hydrogen) atoms. The molecule has 0 fully saturated rings. The Morgan fingerprint density at radius 1 is 1.21 bits per heavy atom. The number of hydrogen-bond donors (Lipinski definition) is 1. The fourth-order valence-corrected chi connectivity index (χ4v) is 2.40. The number of aromatic nitrogens is 3. The Kier molecular flexibility index (Phi) is 2.85. The van der Waals surface area contributed by atoms with Crippen LogP contribution in [0.5, 0.6) is 0 Å². The molecule has 0 saturated heterocycles. The van der Waals surface area contributed by atoms with Crippen molar-refractivity contribution in [2.24, 2.45) is 5.92 Å². The predicted molar refractivity (Wildman–Crippen MR) is 78.6 cm³/mol. The Morgan fingerprint density at radius 2 is 2.00 bits per heavy atom. The molecule has 1 N–H and O–H groups in total. The Bertz CT molecular complexity index is 727. The maximum atomic E-state index is 4.71. The number of rotatable bonds is 3. The van der Waals surface area contributed by atoms with Crippen LogP contribution in [0.2, 0.25) is 0 Å². The lowest BCUT2D eigenvalue weighted by Crippen LogP contribution is -1.99. The highest BCUT2D eigenvalue weighted by Gasteiger charge is 2.11. The molecule has 4 nitrogen and oxygen atoms in total. The molecular weight excluding hydrogens is 236 g/mol. The smallest absolute Gasteiger partial charge is 0.180 e. The molecule has 0 atom stereocenters. The summed E-state index contributed by atoms with van der Waals surface area (Å²) in [5, 5.41) is 3.13. The maximum Gasteiger partial charge on any atom is 0.180 e. The molecule has 0 amide bonds. The molecule has 2 heterocycles. The van der Waals surface area contributed by atoms with Crippen LogP contribution in [0.4, 0.5) is 5.82 Å². The highest BCUT2D eigenvalue weighted by atomic mass is 15.1. The minimum atomic E-state index is 0.599. The van der Waals surface area contributed by atoms with E-state index >= 15 is 0 Å². The zero-order valence-corrected chi connectivity index (χ0v) is 11.5. The van der Waals surface area contributed by atoms with Crippen LogP contribution in [0.25, 0.3) is 16.7 Å². The minimum absolute atomic E-state index is 0.599. The van der Waals surface area contributed by atoms with E-state index < -0.39 is 0 Å². The third-order valence-corrected chi connectivity index (χ3v) is 3.20. The van der Waals surface area contributed by atoms with Gasteiger partial charge in [-0.05, 0) is 24.5 Å². The van der Waals surface area contributed by atoms with Gasteiger partial charge >= 0.3 is 0 Å². The van der Waals surface area contributed by atoms with Crippen LogP contribution < -0.4 is 5.32 Å². The van der Waals surface area contributed by atoms with Crippen molar-refractivity contribution in [2.45, 2.75) is 20.3 Å². The maximum absolute atomic E-state index is 4.71. The second-order valence-electron chi connectivity index (χ2n) is 5.22. The summed E-state index contributed by atoms with van der Waals surface area (Å²) in [4.78, 5) is 9.33. The van der Waals surface area contributed by atoms with Crippen LogP contribution in [-0.4, -0.2) is 21.4 Å². The second kappa shape index (κ2) is 4.53. The Balaban J connectivity index is 2.31. The quantitative estimate of drug-likeness (QED) is 0.781. The van der Waals surface area contributed by atoms with Crippen molar-refractivity contribution >= 4 is 22.5 Å². The molecule has 2 aromatic heterocycles. The predicted octanol–water partition coefficient (Wildman–Crippen LogP) is 3.12. The largest absolute Gasteiger partial charge is 0.370 e. The molecule has 4 heteroatoms. The van der Waals surface area contributed by atoms with Crippen molar-refractivity contribution in [3.8, 4) is 0 Å². The molecule has 0 aliphatic heterocycles. The van der Waals surface area contributed by atoms with Gasteiger partial charge < -0.3 is 5.32 Å². The van der Waals surface area contributed by atoms with Crippen molar-refractivity contribution in [2.75, 3.05) is 12.4 Å². The van der Waals surface area contributed by atoms with E-state index in [2.05, 4.69) is 40.8 Å². The van der Waals surface area contributed by atoms with E-state index in [4.69, 9.17) is 4.98 Å². The number of hydrogen-bond acceptors (Lipinski definition) is 3. The van der Waals surface area contributed by atoms with E-state index in [9.17, 15) is 0 Å². The molecule has 0 bridgehead atoms. The third-order valence-electron chi connectivity index (χ3n) is 3.20. The highest BCUT2D eigenvalue weighted by Crippen LogP contribution is 2.22. The number of imidazole rings is 1. The summed E-state index contributed by atoms with van der Waals surface area (Å²) in [5.41, 5.74) is 4.09. The van der Waals surface area contributed by atoms with Crippen molar-refractivity contribution < 1.29 is 0 Å². The SMILES string of the molecule is CNc1nc2ccccc2n2cc(CC(C)C)nc12. The van der Waals surface area contributed by atoms with E-state index in [1.54, 1.807) is 0 Å². The topological polar surface area (TPSA) is 42.2 Å². The fraction of sp³-hybridized carbons (Fsp3) is 0.333. The van der Waals surface area contributed by atoms with Crippen molar-refractivity contribution in [3.05, 3.63) is 36.2 Å². The van der Waals surface area contributed by atoms with Crippen molar-refractivity contribution in [1.29, 1.82) is 0 Å². The molecule has 0 aliphatic rings. The third kappa shape index (κ3) is 2.03. The molecule has 0 radical (unpaired) electrons. The van der Waals surface area contributed by atoms with Crippen molar-refractivity contribution in [3.63, 3.8) is 0 Å². The normalized spacial score (nSPS) is 11.6. The van der Waals surface area contributed by atoms with E-state index in [1.807, 2.05) is 25.2 Å². The Labute approximate surface area is 112 Å². The van der Waals surface area contributed by atoms with Gasteiger partial charge in [0.15, 0.2) is 11.5 Å². The first-order valence-electron chi connectivity index (χ1n) is 6.63. The molecule has 0 saturated carbocycles. The average Bonchev–Trinajstić information content (AvgIpc) is 2.80. The first kappa shape index (κ1) is 12.0. The molecular formula is C15H18N4. The summed E-state index contributed by atoms with van der Waals surface area (Å²) in [6, 6.07) is 8.14. The Morgan fingerprint density at radius 3 is 2.74 bits per heavy atom. The van der Waals surface area contributed by atoms with Gasteiger partial charge in [-0.2, -0.15) is 0 Å². The molecule has 1 aromatic carbocycles. The lowest BCUT2D eigenvalue weighted by molar-refractivity contribution is 0.638. The van der Waals surface area contributed by atoms with Gasteiger partial charge in [0.05, 0.1) is 16.7 Å². The first-order valence-corrected chi connectivity index (χ1v) is 6.63. The number of fused-ring (bicyclic) bond motifs is 3. The molecule has 3 rings (SSSR count). The zero-order chi connectivity index (χ0) is 13.4. The van der Waals surface area contributed by atoms with Gasteiger partial charge in [0.1, 0.15) is 0 Å². The van der Waals surface area contributed by atoms with E-state index in [0.29, 0.717) is 5.92 Å². The standard InChI is InChI=1S/C15H18N4/c1-10(2)8-11-9-19-13-7-5-4-6-12(13)18-14(16-3)15(19)17-11/h4-7,9-10H,8H2,1-3H3,(H,16,18). The van der Waals surface area contributed by atoms with Gasteiger partial charge in [-0.3, -0.25) is 4.40 Å². The lowest BCUT2D eigenvalue weighted by atomic mass is 10.1. The number of para-hydroxylation sites is 2. The molecule has 0 unspecified atom stereocenters. The van der Waals surface area contributed by atoms with Crippen LogP contribution in [0.15, 0.2) is 30.5 Å². The van der Waals surface area contributed by atoms with Crippen LogP contribution >= 0.6 is 0 Å². The minimum Gasteiger partial charge on any atom is -0.370 e. The van der Waals surface area contributed by atoms with E-state index in [1.165, 1.54) is 0 Å². The summed E-state index contributed by atoms with van der Waals surface area (Å²) >= 11 is 0. The monoisotopic (exact) mass is 254 g/mol. The molecule has 98 valence electrons. The summed E-state index contributed by atoms with van der Waals surface area (Å²) in [7, 11) is 1.88. The summed E-state index contributed by atoms with van der Waals surface area (Å²) in [6.45, 7) is 4.42. The van der Waals surface area contributed by atoms with Gasteiger partial charge in [0.25, 0.3) is 0 Å². The number of nitrogens with zero attached hydrogens (tertiary/aromatic N) is 3. The van der Waals surface area contributed by atoms with Crippen LogP contribution in [-0.2, 0) is 6.42 Å². The van der Waals surface area contributed by atoms with Crippen LogP contribution in [0, 0.1) is 5.92 Å². The van der Waals surface area contributed by atoms with Gasteiger partial charge in [0.2, 0.25) is 0 Å². The lowest BCUT2D eigenvalue weighted by Gasteiger charge is -2.05. The fourth-order valence-electron chi connectivity index (χ4n) is 2.40. The van der Waals surface area contributed by atoms with Crippen LogP contribution in [0.1, 0.15) is 19.5 Å². The highest BCUT2D eigenvalue weighted by molar-refractivity contribution is 5.82. The average molecular weight is 254 g/mol. The molecule has 3 aromatic rings. The summed E-state index contributed by atoms with van der Waals surface area (Å²) < 4.78 is 2.13. The molecule has 0 spiro atoms. The van der Waals surface area contributed by atoms with Crippen LogP contribution in [0.3, 0.4) is 0 Å². The first-order chi connectivity index (χ1) is 9.19. The van der Waals surface area contributed by atoms with E-state index in [-0.39, 0.29) is 0 Å². The molecule has 0 aliphatic carbocycles. The van der Waals surface area contributed by atoms with Gasteiger partial charge in [-0.25, -0.2) is 9.97 Å². The van der Waals surface area contributed by atoms with E-state index in [0.717, 1.165) is 34.6 Å². The second-order valence-corrected chi connectivity index (χ2v) is 5.22. The van der Waals surface area contributed by atoms with Gasteiger partial charge in [0, 0.05) is 13.2 Å². The zero-order valence-electron chi connectivity index (χ0n) is 11.5. The van der Waals surface area contributed by atoms with Gasteiger partial charge in [-0.1, -0.05) is 26.0 Å². The number of benzene rings is 1. The van der Waals surface area contributed by atoms with Crippen molar-refractivity contribution in [1.82, 2.24) is 14.4 Å². The number of anilines is 1. The van der Waals surface area contributed by atoms with Gasteiger partial charge in [-0.15, -0.1) is 0 Å². The number of nitrogens with one attached hydrogen (secondary N) is 1. The Hall–Kier alpha value is -2.10. The summed E-state index contributed by atoms with van der Waals surface area (Å²) in [6.07, 6.45) is 3.11. The summed E-state index contributed by atoms with van der Waals surface area (Å²) in [5.74, 6) is 1.43.